The minimum absolute atomic E-state index is 0. The summed E-state index contributed by atoms with van der Waals surface area (Å²) in [7, 11) is 0. The predicted molar refractivity (Wildman–Crippen MR) is 63.0 cm³/mol. The molecular weight excluding hydrogens is 295 g/mol. The van der Waals surface area contributed by atoms with Crippen molar-refractivity contribution in [2.45, 2.75) is 32.3 Å². The van der Waals surface area contributed by atoms with E-state index in [1.54, 1.807) is 12.1 Å². The number of hydrogen-bond donors (Lipinski definition) is 1. The van der Waals surface area contributed by atoms with Crippen LogP contribution in [0.5, 0.6) is 0 Å². The van der Waals surface area contributed by atoms with Gasteiger partial charge >= 0.3 is 29.6 Å². The standard InChI is InChI=1S/C12H15BrO3.Na/c1-2-3-4-11(14)9-6-5-8(13)7-10(9)12(15)16;/h5-7,11,14H,2-4H2,1H3,(H,15,16);/q;+1/p-1/t11-;/m1./s1. The average molecular weight is 309 g/mol. The average Bonchev–Trinajstić information content (AvgIpc) is 2.25. The number of aromatic carboxylic acids is 1. The van der Waals surface area contributed by atoms with Gasteiger partial charge in [0, 0.05) is 10.0 Å². The topological polar surface area (TPSA) is 60.4 Å². The quantitative estimate of drug-likeness (QED) is 0.713. The van der Waals surface area contributed by atoms with Gasteiger partial charge in [-0.1, -0.05) is 41.8 Å². The smallest absolute Gasteiger partial charge is 0.545 e. The Bertz CT molecular complexity index is 382. The Hall–Kier alpha value is 0.130. The zero-order valence-corrected chi connectivity index (χ0v) is 13.7. The third-order valence-electron chi connectivity index (χ3n) is 2.43. The van der Waals surface area contributed by atoms with E-state index in [2.05, 4.69) is 15.9 Å². The molecule has 0 saturated heterocycles. The molecule has 0 aromatic heterocycles. The summed E-state index contributed by atoms with van der Waals surface area (Å²) in [5, 5.41) is 20.8. The van der Waals surface area contributed by atoms with Crippen molar-refractivity contribution in [3.63, 3.8) is 0 Å². The van der Waals surface area contributed by atoms with Crippen molar-refractivity contribution in [3.05, 3.63) is 33.8 Å². The Kier molecular flexibility index (Phi) is 8.33. The first-order valence-corrected chi connectivity index (χ1v) is 6.04. The van der Waals surface area contributed by atoms with Crippen molar-refractivity contribution >= 4 is 21.9 Å². The molecule has 1 rings (SSSR count). The normalized spacial score (nSPS) is 11.7. The summed E-state index contributed by atoms with van der Waals surface area (Å²) in [6.45, 7) is 2.02. The summed E-state index contributed by atoms with van der Waals surface area (Å²) < 4.78 is 0.665. The molecule has 0 aliphatic carbocycles. The Morgan fingerprint density at radius 3 is 2.71 bits per heavy atom. The van der Waals surface area contributed by atoms with Crippen LogP contribution in [0.2, 0.25) is 0 Å². The fourth-order valence-electron chi connectivity index (χ4n) is 1.55. The van der Waals surface area contributed by atoms with Crippen LogP contribution in [0.4, 0.5) is 0 Å². The Labute approximate surface area is 132 Å². The van der Waals surface area contributed by atoms with E-state index in [-0.39, 0.29) is 35.1 Å². The third-order valence-corrected chi connectivity index (χ3v) is 2.92. The van der Waals surface area contributed by atoms with Crippen LogP contribution in [0.3, 0.4) is 0 Å². The molecular formula is C12H14BrNaO3. The molecule has 3 nitrogen and oxygen atoms in total. The Balaban J connectivity index is 0.00000256. The van der Waals surface area contributed by atoms with Crippen LogP contribution in [0.25, 0.3) is 0 Å². The van der Waals surface area contributed by atoms with E-state index in [9.17, 15) is 15.0 Å². The summed E-state index contributed by atoms with van der Waals surface area (Å²) in [4.78, 5) is 10.9. The van der Waals surface area contributed by atoms with Crippen LogP contribution in [0.1, 0.15) is 48.2 Å². The zero-order valence-electron chi connectivity index (χ0n) is 10.1. The van der Waals surface area contributed by atoms with E-state index < -0.39 is 12.1 Å². The number of halogens is 1. The monoisotopic (exact) mass is 308 g/mol. The van der Waals surface area contributed by atoms with Crippen molar-refractivity contribution in [2.75, 3.05) is 0 Å². The van der Waals surface area contributed by atoms with E-state index >= 15 is 0 Å². The zero-order chi connectivity index (χ0) is 12.1. The molecule has 0 fully saturated rings. The SMILES string of the molecule is CCCC[C@@H](O)c1ccc(Br)cc1C(=O)[O-].[Na+]. The van der Waals surface area contributed by atoms with Gasteiger partial charge in [0.2, 0.25) is 0 Å². The maximum atomic E-state index is 10.9. The van der Waals surface area contributed by atoms with Crippen molar-refractivity contribution in [2.24, 2.45) is 0 Å². The van der Waals surface area contributed by atoms with Gasteiger partial charge in [0.15, 0.2) is 0 Å². The van der Waals surface area contributed by atoms with Gasteiger partial charge in [-0.15, -0.1) is 0 Å². The first-order valence-electron chi connectivity index (χ1n) is 5.25. The molecule has 0 aliphatic rings. The van der Waals surface area contributed by atoms with Gasteiger partial charge < -0.3 is 15.0 Å². The van der Waals surface area contributed by atoms with Gasteiger partial charge in [0.25, 0.3) is 0 Å². The molecule has 0 amide bonds. The van der Waals surface area contributed by atoms with Crippen LogP contribution < -0.4 is 34.7 Å². The molecule has 0 aliphatic heterocycles. The third kappa shape index (κ3) is 5.10. The molecule has 0 bridgehead atoms. The number of carboxylic acid groups (broad SMARTS) is 1. The van der Waals surface area contributed by atoms with E-state index in [0.717, 1.165) is 12.8 Å². The summed E-state index contributed by atoms with van der Waals surface area (Å²) >= 11 is 3.19. The fourth-order valence-corrected chi connectivity index (χ4v) is 1.91. The Morgan fingerprint density at radius 1 is 1.53 bits per heavy atom. The maximum Gasteiger partial charge on any atom is 1.00 e. The van der Waals surface area contributed by atoms with Gasteiger partial charge in [-0.3, -0.25) is 0 Å². The summed E-state index contributed by atoms with van der Waals surface area (Å²) in [5.74, 6) is -1.26. The van der Waals surface area contributed by atoms with Crippen molar-refractivity contribution in [1.82, 2.24) is 0 Å². The molecule has 1 N–H and O–H groups in total. The summed E-state index contributed by atoms with van der Waals surface area (Å²) in [6.07, 6.45) is 1.66. The van der Waals surface area contributed by atoms with Gasteiger partial charge in [-0.25, -0.2) is 0 Å². The number of aliphatic hydroxyl groups is 1. The largest absolute Gasteiger partial charge is 1.00 e. The van der Waals surface area contributed by atoms with Gasteiger partial charge in [-0.05, 0) is 24.1 Å². The first-order chi connectivity index (χ1) is 7.56. The number of carboxylic acids is 1. The molecule has 5 heteroatoms. The molecule has 1 aromatic carbocycles. The molecule has 0 unspecified atom stereocenters. The van der Waals surface area contributed by atoms with Crippen molar-refractivity contribution < 1.29 is 44.6 Å². The molecule has 0 spiro atoms. The van der Waals surface area contributed by atoms with Gasteiger partial charge in [0.05, 0.1) is 12.1 Å². The number of carbonyl (C=O) groups is 1. The number of benzene rings is 1. The molecule has 0 saturated carbocycles. The first kappa shape index (κ1) is 17.1. The van der Waals surface area contributed by atoms with Crippen LogP contribution in [0.15, 0.2) is 22.7 Å². The molecule has 1 aromatic rings. The molecule has 0 heterocycles. The van der Waals surface area contributed by atoms with Crippen LogP contribution in [-0.2, 0) is 0 Å². The van der Waals surface area contributed by atoms with Crippen LogP contribution in [-0.4, -0.2) is 11.1 Å². The number of unbranched alkanes of at least 4 members (excludes halogenated alkanes) is 1. The number of aliphatic hydroxyl groups excluding tert-OH is 1. The van der Waals surface area contributed by atoms with Crippen LogP contribution in [0, 0.1) is 0 Å². The molecule has 17 heavy (non-hydrogen) atoms. The number of rotatable bonds is 5. The minimum Gasteiger partial charge on any atom is -0.545 e. The van der Waals surface area contributed by atoms with E-state index in [1.165, 1.54) is 6.07 Å². The van der Waals surface area contributed by atoms with Crippen molar-refractivity contribution in [3.8, 4) is 0 Å². The second-order valence-electron chi connectivity index (χ2n) is 3.68. The van der Waals surface area contributed by atoms with Gasteiger partial charge in [0.1, 0.15) is 0 Å². The van der Waals surface area contributed by atoms with E-state index in [1.807, 2.05) is 6.92 Å². The minimum atomic E-state index is -1.26. The summed E-state index contributed by atoms with van der Waals surface area (Å²) in [5.41, 5.74) is 0.481. The molecule has 88 valence electrons. The number of hydrogen-bond acceptors (Lipinski definition) is 3. The van der Waals surface area contributed by atoms with E-state index in [4.69, 9.17) is 0 Å². The number of carbonyl (C=O) groups excluding carboxylic acids is 1. The Morgan fingerprint density at radius 2 is 2.18 bits per heavy atom. The van der Waals surface area contributed by atoms with Crippen molar-refractivity contribution in [1.29, 1.82) is 0 Å². The fraction of sp³-hybridized carbons (Fsp3) is 0.417. The second-order valence-corrected chi connectivity index (χ2v) is 4.59. The predicted octanol–water partition coefficient (Wildman–Crippen LogP) is -0.960. The van der Waals surface area contributed by atoms with Gasteiger partial charge in [-0.2, -0.15) is 0 Å². The molecule has 1 atom stereocenters. The summed E-state index contributed by atoms with van der Waals surface area (Å²) in [6, 6.07) is 4.80. The second kappa shape index (κ2) is 8.27. The van der Waals surface area contributed by atoms with Crippen LogP contribution >= 0.6 is 15.9 Å². The molecule has 0 radical (unpaired) electrons. The van der Waals surface area contributed by atoms with E-state index in [0.29, 0.717) is 16.5 Å². The maximum absolute atomic E-state index is 10.9.